The second-order valence-corrected chi connectivity index (χ2v) is 6.09. The monoisotopic (exact) mass is 187 g/mol. The standard InChI is InChI=1S/C11H23O2/c1-9(2,3)11(7,8-13-12)10(4,5)6/h8H2,1-7H3. The molecule has 0 saturated heterocycles. The first kappa shape index (κ1) is 12.9. The van der Waals surface area contributed by atoms with E-state index < -0.39 is 0 Å². The maximum atomic E-state index is 10.3. The Balaban J connectivity index is 4.96. The van der Waals surface area contributed by atoms with Gasteiger partial charge in [-0.15, -0.1) is 0 Å². The van der Waals surface area contributed by atoms with Crippen molar-refractivity contribution in [2.45, 2.75) is 48.5 Å². The van der Waals surface area contributed by atoms with Crippen molar-refractivity contribution in [1.29, 1.82) is 0 Å². The summed E-state index contributed by atoms with van der Waals surface area (Å²) in [7, 11) is 0. The van der Waals surface area contributed by atoms with E-state index in [0.29, 0.717) is 0 Å². The van der Waals surface area contributed by atoms with Crippen LogP contribution in [0.3, 0.4) is 0 Å². The summed E-state index contributed by atoms with van der Waals surface area (Å²) in [5.74, 6) is 0. The highest BCUT2D eigenvalue weighted by molar-refractivity contribution is 4.94. The molecule has 0 rings (SSSR count). The quantitative estimate of drug-likeness (QED) is 0.481. The van der Waals surface area contributed by atoms with Gasteiger partial charge in [0.15, 0.2) is 0 Å². The molecular formula is C11H23O2. The number of hydrogen-bond acceptors (Lipinski definition) is 1. The smallest absolute Gasteiger partial charge is 0.0918 e. The second kappa shape index (κ2) is 3.58. The van der Waals surface area contributed by atoms with Gasteiger partial charge in [0.1, 0.15) is 0 Å². The predicted octanol–water partition coefficient (Wildman–Crippen LogP) is 3.45. The van der Waals surface area contributed by atoms with E-state index in [0.717, 1.165) is 0 Å². The van der Waals surface area contributed by atoms with Crippen LogP contribution in [0.5, 0.6) is 0 Å². The normalized spacial score (nSPS) is 14.8. The average Bonchev–Trinajstić information content (AvgIpc) is 1.82. The molecule has 0 aliphatic rings. The van der Waals surface area contributed by atoms with Crippen LogP contribution in [0, 0.1) is 16.2 Å². The molecule has 79 valence electrons. The SMILES string of the molecule is CC(C)(C)C(C)(CO[O])C(C)(C)C. The Hall–Kier alpha value is -0.0800. The molecule has 13 heavy (non-hydrogen) atoms. The highest BCUT2D eigenvalue weighted by atomic mass is 17.1. The van der Waals surface area contributed by atoms with Crippen LogP contribution in [0.4, 0.5) is 0 Å². The molecule has 0 aromatic carbocycles. The van der Waals surface area contributed by atoms with Crippen LogP contribution in [0.15, 0.2) is 0 Å². The molecule has 1 radical (unpaired) electrons. The molecular weight excluding hydrogens is 164 g/mol. The van der Waals surface area contributed by atoms with Crippen LogP contribution in [0.1, 0.15) is 48.5 Å². The first-order valence-corrected chi connectivity index (χ1v) is 4.81. The van der Waals surface area contributed by atoms with Gasteiger partial charge in [-0.2, -0.15) is 0 Å². The van der Waals surface area contributed by atoms with Gasteiger partial charge in [0, 0.05) is 5.41 Å². The fraction of sp³-hybridized carbons (Fsp3) is 1.00. The van der Waals surface area contributed by atoms with Gasteiger partial charge in [-0.3, -0.25) is 0 Å². The minimum Gasteiger partial charge on any atom is -0.203 e. The van der Waals surface area contributed by atoms with Crippen LogP contribution < -0.4 is 0 Å². The Morgan fingerprint density at radius 1 is 0.846 bits per heavy atom. The van der Waals surface area contributed by atoms with E-state index >= 15 is 0 Å². The zero-order valence-electron chi connectivity index (χ0n) is 10.0. The molecule has 2 nitrogen and oxygen atoms in total. The van der Waals surface area contributed by atoms with Crippen molar-refractivity contribution >= 4 is 0 Å². The van der Waals surface area contributed by atoms with E-state index in [4.69, 9.17) is 0 Å². The molecule has 0 aromatic heterocycles. The number of rotatable bonds is 2. The van der Waals surface area contributed by atoms with Gasteiger partial charge in [0.2, 0.25) is 0 Å². The highest BCUT2D eigenvalue weighted by Gasteiger charge is 2.47. The fourth-order valence-corrected chi connectivity index (χ4v) is 1.68. The Morgan fingerprint density at radius 2 is 1.15 bits per heavy atom. The summed E-state index contributed by atoms with van der Waals surface area (Å²) in [6.07, 6.45) is 0. The molecule has 0 N–H and O–H groups in total. The van der Waals surface area contributed by atoms with Gasteiger partial charge in [-0.05, 0) is 16.1 Å². The van der Waals surface area contributed by atoms with Crippen LogP contribution >= 0.6 is 0 Å². The lowest BCUT2D eigenvalue weighted by molar-refractivity contribution is -0.333. The number of hydrogen-bond donors (Lipinski definition) is 0. The van der Waals surface area contributed by atoms with E-state index in [1.165, 1.54) is 0 Å². The Bertz CT molecular complexity index is 146. The van der Waals surface area contributed by atoms with Crippen molar-refractivity contribution in [3.05, 3.63) is 0 Å². The molecule has 0 aliphatic carbocycles. The van der Waals surface area contributed by atoms with Gasteiger partial charge < -0.3 is 0 Å². The predicted molar refractivity (Wildman–Crippen MR) is 53.7 cm³/mol. The summed E-state index contributed by atoms with van der Waals surface area (Å²) in [6, 6.07) is 0. The van der Waals surface area contributed by atoms with Gasteiger partial charge in [0.25, 0.3) is 0 Å². The first-order valence-electron chi connectivity index (χ1n) is 4.81. The highest BCUT2D eigenvalue weighted by Crippen LogP contribution is 2.51. The minimum atomic E-state index is -0.109. The molecule has 0 bridgehead atoms. The molecule has 0 fully saturated rings. The zero-order valence-corrected chi connectivity index (χ0v) is 10.0. The molecule has 0 saturated carbocycles. The van der Waals surface area contributed by atoms with E-state index in [1.54, 1.807) is 0 Å². The molecule has 0 heterocycles. The summed E-state index contributed by atoms with van der Waals surface area (Å²) in [6.45, 7) is 15.3. The molecule has 0 spiro atoms. The molecule has 0 aliphatic heterocycles. The van der Waals surface area contributed by atoms with Crippen molar-refractivity contribution in [1.82, 2.24) is 0 Å². The lowest BCUT2D eigenvalue weighted by Crippen LogP contribution is -2.47. The van der Waals surface area contributed by atoms with E-state index in [2.05, 4.69) is 53.4 Å². The zero-order chi connectivity index (χ0) is 10.9. The van der Waals surface area contributed by atoms with Crippen LogP contribution in [-0.2, 0) is 10.1 Å². The Labute approximate surface area is 82.2 Å². The molecule has 0 atom stereocenters. The van der Waals surface area contributed by atoms with Crippen molar-refractivity contribution in [3.63, 3.8) is 0 Å². The van der Waals surface area contributed by atoms with Gasteiger partial charge in [-0.25, -0.2) is 4.89 Å². The summed E-state index contributed by atoms with van der Waals surface area (Å²) >= 11 is 0. The van der Waals surface area contributed by atoms with Crippen LogP contribution in [0.25, 0.3) is 0 Å². The van der Waals surface area contributed by atoms with Gasteiger partial charge >= 0.3 is 0 Å². The largest absolute Gasteiger partial charge is 0.203 e. The van der Waals surface area contributed by atoms with E-state index in [9.17, 15) is 5.26 Å². The maximum absolute atomic E-state index is 10.3. The third-order valence-corrected chi connectivity index (χ3v) is 3.66. The van der Waals surface area contributed by atoms with Crippen molar-refractivity contribution in [3.8, 4) is 0 Å². The van der Waals surface area contributed by atoms with Gasteiger partial charge in [0.05, 0.1) is 6.61 Å². The van der Waals surface area contributed by atoms with Crippen molar-refractivity contribution in [2.24, 2.45) is 16.2 Å². The lowest BCUT2D eigenvalue weighted by atomic mass is 9.55. The van der Waals surface area contributed by atoms with E-state index in [1.807, 2.05) is 0 Å². The van der Waals surface area contributed by atoms with Gasteiger partial charge in [-0.1, -0.05) is 48.5 Å². The lowest BCUT2D eigenvalue weighted by Gasteiger charge is -2.50. The summed E-state index contributed by atoms with van der Waals surface area (Å²) in [4.78, 5) is 4.11. The molecule has 0 aromatic rings. The molecule has 0 unspecified atom stereocenters. The van der Waals surface area contributed by atoms with Crippen LogP contribution in [-0.4, -0.2) is 6.61 Å². The minimum absolute atomic E-state index is 0.0651. The fourth-order valence-electron chi connectivity index (χ4n) is 1.68. The van der Waals surface area contributed by atoms with Crippen molar-refractivity contribution < 1.29 is 10.1 Å². The second-order valence-electron chi connectivity index (χ2n) is 6.09. The van der Waals surface area contributed by atoms with E-state index in [-0.39, 0.29) is 22.9 Å². The first-order chi connectivity index (χ1) is 5.56. The molecule has 2 heteroatoms. The Kier molecular flexibility index (Phi) is 3.56. The topological polar surface area (TPSA) is 29.1 Å². The summed E-state index contributed by atoms with van der Waals surface area (Å²) < 4.78 is 0. The maximum Gasteiger partial charge on any atom is 0.0918 e. The summed E-state index contributed by atoms with van der Waals surface area (Å²) in [5.41, 5.74) is 0.0209. The summed E-state index contributed by atoms with van der Waals surface area (Å²) in [5, 5.41) is 10.3. The molecule has 0 amide bonds. The van der Waals surface area contributed by atoms with Crippen LogP contribution in [0.2, 0.25) is 0 Å². The Morgan fingerprint density at radius 3 is 1.23 bits per heavy atom. The average molecular weight is 187 g/mol. The third-order valence-electron chi connectivity index (χ3n) is 3.66. The van der Waals surface area contributed by atoms with Crippen molar-refractivity contribution in [2.75, 3.05) is 6.61 Å². The third kappa shape index (κ3) is 2.44.